The second-order valence-electron chi connectivity index (χ2n) is 8.19. The molecule has 2 aromatic carbocycles. The summed E-state index contributed by atoms with van der Waals surface area (Å²) in [6.07, 6.45) is 12.2. The molecule has 2 N–H and O–H groups in total. The predicted octanol–water partition coefficient (Wildman–Crippen LogP) is 7.44. The second-order valence-corrected chi connectivity index (χ2v) is 10.7. The molecule has 0 saturated heterocycles. The zero-order chi connectivity index (χ0) is 24.1. The number of sulfonamides is 1. The molecule has 0 radical (unpaired) electrons. The Morgan fingerprint density at radius 1 is 0.788 bits per heavy atom. The minimum atomic E-state index is -3.88. The van der Waals surface area contributed by atoms with Crippen molar-refractivity contribution in [3.63, 3.8) is 0 Å². The van der Waals surface area contributed by atoms with Crippen molar-refractivity contribution >= 4 is 44.8 Å². The highest BCUT2D eigenvalue weighted by Gasteiger charge is 2.19. The van der Waals surface area contributed by atoms with E-state index in [1.54, 1.807) is 6.07 Å². The molecule has 0 unspecified atom stereocenters. The number of carbonyl (C=O) groups is 1. The third-order valence-electron chi connectivity index (χ3n) is 5.41. The summed E-state index contributed by atoms with van der Waals surface area (Å²) in [5.74, 6) is -0.359. The second kappa shape index (κ2) is 14.5. The lowest BCUT2D eigenvalue weighted by Gasteiger charge is -2.13. The van der Waals surface area contributed by atoms with Crippen molar-refractivity contribution in [2.75, 3.05) is 11.3 Å². The number of amides is 1. The number of halogens is 2. The Balaban J connectivity index is 1.83. The van der Waals surface area contributed by atoms with Gasteiger partial charge < -0.3 is 5.32 Å². The monoisotopic (exact) mass is 512 g/mol. The van der Waals surface area contributed by atoms with Crippen LogP contribution in [0.25, 0.3) is 0 Å². The Kier molecular flexibility index (Phi) is 12.1. The maximum absolute atomic E-state index is 12.7. The van der Waals surface area contributed by atoms with Crippen LogP contribution in [0.2, 0.25) is 10.0 Å². The van der Waals surface area contributed by atoms with Crippen molar-refractivity contribution in [1.82, 2.24) is 5.32 Å². The van der Waals surface area contributed by atoms with Crippen LogP contribution in [0.4, 0.5) is 5.69 Å². The van der Waals surface area contributed by atoms with E-state index in [1.165, 1.54) is 81.3 Å². The van der Waals surface area contributed by atoms with Crippen LogP contribution >= 0.6 is 23.2 Å². The number of unbranched alkanes of at least 4 members (excludes halogenated alkanes) is 9. The van der Waals surface area contributed by atoms with Crippen molar-refractivity contribution in [2.45, 2.75) is 76.0 Å². The third kappa shape index (κ3) is 9.95. The van der Waals surface area contributed by atoms with Crippen molar-refractivity contribution in [3.05, 3.63) is 58.1 Å². The molecule has 0 aliphatic carbocycles. The summed E-state index contributed by atoms with van der Waals surface area (Å²) in [5.41, 5.74) is 0.363. The molecule has 5 nitrogen and oxygen atoms in total. The molecule has 1 amide bonds. The van der Waals surface area contributed by atoms with Gasteiger partial charge in [0.05, 0.1) is 16.1 Å². The fourth-order valence-corrected chi connectivity index (χ4v) is 4.90. The quantitative estimate of drug-likeness (QED) is 0.243. The molecule has 0 fully saturated rings. The molecule has 0 aromatic heterocycles. The molecule has 0 saturated carbocycles. The molecule has 8 heteroatoms. The fraction of sp³-hybridized carbons (Fsp3) is 0.480. The Morgan fingerprint density at radius 3 is 1.94 bits per heavy atom. The molecule has 2 rings (SSSR count). The number of nitrogens with one attached hydrogen (secondary N) is 2. The Hall–Kier alpha value is -1.76. The molecule has 0 heterocycles. The van der Waals surface area contributed by atoms with Gasteiger partial charge in [-0.3, -0.25) is 9.52 Å². The molecule has 0 atom stereocenters. The van der Waals surface area contributed by atoms with Gasteiger partial charge in [-0.15, -0.1) is 0 Å². The number of rotatable bonds is 15. The Bertz CT molecular complexity index is 980. The molecule has 0 aliphatic rings. The molecule has 182 valence electrons. The lowest BCUT2D eigenvalue weighted by atomic mass is 10.1. The third-order valence-corrected chi connectivity index (χ3v) is 7.28. The molecule has 0 spiro atoms. The highest BCUT2D eigenvalue weighted by Crippen LogP contribution is 2.24. The highest BCUT2D eigenvalue weighted by molar-refractivity contribution is 7.92. The van der Waals surface area contributed by atoms with Crippen LogP contribution in [0.1, 0.15) is 81.5 Å². The van der Waals surface area contributed by atoms with Gasteiger partial charge in [-0.1, -0.05) is 87.9 Å². The number of anilines is 1. The highest BCUT2D eigenvalue weighted by atomic mass is 35.5. The first-order valence-corrected chi connectivity index (χ1v) is 13.9. The first-order chi connectivity index (χ1) is 15.8. The van der Waals surface area contributed by atoms with Gasteiger partial charge in [0.15, 0.2) is 0 Å². The zero-order valence-electron chi connectivity index (χ0n) is 19.2. The fourth-order valence-electron chi connectivity index (χ4n) is 3.52. The molecular formula is C25H34Cl2N2O3S. The maximum Gasteiger partial charge on any atom is 0.261 e. The van der Waals surface area contributed by atoms with Crippen LogP contribution in [-0.4, -0.2) is 20.9 Å². The smallest absolute Gasteiger partial charge is 0.261 e. The van der Waals surface area contributed by atoms with E-state index >= 15 is 0 Å². The van der Waals surface area contributed by atoms with E-state index in [-0.39, 0.29) is 22.1 Å². The lowest BCUT2D eigenvalue weighted by molar-refractivity contribution is 0.0954. The van der Waals surface area contributed by atoms with E-state index in [0.29, 0.717) is 16.6 Å². The summed E-state index contributed by atoms with van der Waals surface area (Å²) < 4.78 is 27.9. The van der Waals surface area contributed by atoms with Gasteiger partial charge in [-0.05, 0) is 48.9 Å². The summed E-state index contributed by atoms with van der Waals surface area (Å²) in [6, 6.07) is 10.3. The van der Waals surface area contributed by atoms with Gasteiger partial charge in [-0.25, -0.2) is 8.42 Å². The van der Waals surface area contributed by atoms with E-state index in [1.807, 2.05) is 0 Å². The minimum Gasteiger partial charge on any atom is -0.352 e. The molecular weight excluding hydrogens is 479 g/mol. The Morgan fingerprint density at radius 2 is 1.33 bits per heavy atom. The molecule has 0 bridgehead atoms. The zero-order valence-corrected chi connectivity index (χ0v) is 21.5. The van der Waals surface area contributed by atoms with E-state index in [9.17, 15) is 13.2 Å². The maximum atomic E-state index is 12.7. The van der Waals surface area contributed by atoms with Gasteiger partial charge in [0.2, 0.25) is 0 Å². The van der Waals surface area contributed by atoms with E-state index in [0.717, 1.165) is 19.3 Å². The van der Waals surface area contributed by atoms with Crippen molar-refractivity contribution in [1.29, 1.82) is 0 Å². The van der Waals surface area contributed by atoms with Crippen LogP contribution in [0.3, 0.4) is 0 Å². The number of carbonyl (C=O) groups excluding carboxylic acids is 1. The largest absolute Gasteiger partial charge is 0.352 e. The number of hydrogen-bond acceptors (Lipinski definition) is 3. The summed E-state index contributed by atoms with van der Waals surface area (Å²) in [5, 5.41) is 3.67. The first-order valence-electron chi connectivity index (χ1n) is 11.7. The SMILES string of the molecule is CCCCCCCCCCCCNC(=O)c1cc(Cl)ccc1NS(=O)(=O)c1ccc(Cl)cc1. The van der Waals surface area contributed by atoms with Crippen molar-refractivity contribution in [2.24, 2.45) is 0 Å². The minimum absolute atomic E-state index is 0.0542. The van der Waals surface area contributed by atoms with E-state index in [4.69, 9.17) is 23.2 Å². The van der Waals surface area contributed by atoms with E-state index < -0.39 is 10.0 Å². The molecule has 33 heavy (non-hydrogen) atoms. The van der Waals surface area contributed by atoms with Crippen LogP contribution in [-0.2, 0) is 10.0 Å². The first kappa shape index (κ1) is 27.5. The van der Waals surface area contributed by atoms with Gasteiger partial charge in [-0.2, -0.15) is 0 Å². The summed E-state index contributed by atoms with van der Waals surface area (Å²) in [4.78, 5) is 12.8. The van der Waals surface area contributed by atoms with Crippen LogP contribution in [0.15, 0.2) is 47.4 Å². The average molecular weight is 514 g/mol. The van der Waals surface area contributed by atoms with Crippen LogP contribution < -0.4 is 10.0 Å². The number of hydrogen-bond donors (Lipinski definition) is 2. The average Bonchev–Trinajstić information content (AvgIpc) is 2.78. The lowest BCUT2D eigenvalue weighted by Crippen LogP contribution is -2.26. The number of benzene rings is 2. The molecule has 2 aromatic rings. The summed E-state index contributed by atoms with van der Waals surface area (Å²) in [6.45, 7) is 2.76. The molecule has 0 aliphatic heterocycles. The van der Waals surface area contributed by atoms with Crippen LogP contribution in [0, 0.1) is 0 Å². The van der Waals surface area contributed by atoms with Gasteiger partial charge in [0.1, 0.15) is 0 Å². The van der Waals surface area contributed by atoms with Crippen LogP contribution in [0.5, 0.6) is 0 Å². The van der Waals surface area contributed by atoms with E-state index in [2.05, 4.69) is 17.0 Å². The van der Waals surface area contributed by atoms with Crippen molar-refractivity contribution in [3.8, 4) is 0 Å². The van der Waals surface area contributed by atoms with Gasteiger partial charge >= 0.3 is 0 Å². The summed E-state index contributed by atoms with van der Waals surface area (Å²) >= 11 is 11.9. The predicted molar refractivity (Wildman–Crippen MR) is 138 cm³/mol. The van der Waals surface area contributed by atoms with Crippen molar-refractivity contribution < 1.29 is 13.2 Å². The Labute approximate surface area is 208 Å². The topological polar surface area (TPSA) is 75.3 Å². The normalized spacial score (nSPS) is 11.4. The standard InChI is InChI=1S/C25H34Cl2N2O3S/c1-2-3-4-5-6-7-8-9-10-11-18-28-25(30)23-19-21(27)14-17-24(23)29-33(31,32)22-15-12-20(26)13-16-22/h12-17,19,29H,2-11,18H2,1H3,(H,28,30). The van der Waals surface area contributed by atoms with Gasteiger partial charge in [0.25, 0.3) is 15.9 Å². The summed E-state index contributed by atoms with van der Waals surface area (Å²) in [7, 11) is -3.88. The van der Waals surface area contributed by atoms with Gasteiger partial charge in [0, 0.05) is 16.6 Å².